The van der Waals surface area contributed by atoms with Gasteiger partial charge in [-0.15, -0.1) is 0 Å². The number of hydrogen-bond donors (Lipinski definition) is 0. The maximum atomic E-state index is 6.46. The van der Waals surface area contributed by atoms with E-state index in [4.69, 9.17) is 4.74 Å². The summed E-state index contributed by atoms with van der Waals surface area (Å²) in [6, 6.07) is 13.3. The third-order valence-corrected chi connectivity index (χ3v) is 7.83. The predicted octanol–water partition coefficient (Wildman–Crippen LogP) is 0.949. The van der Waals surface area contributed by atoms with Crippen molar-refractivity contribution in [2.75, 3.05) is 4.43 Å². The van der Waals surface area contributed by atoms with Gasteiger partial charge in [0, 0.05) is 0 Å². The van der Waals surface area contributed by atoms with Gasteiger partial charge >= 0.3 is 131 Å². The van der Waals surface area contributed by atoms with Crippen molar-refractivity contribution in [2.24, 2.45) is 5.92 Å². The average Bonchev–Trinajstić information content (AvgIpc) is 3.25. The molecule has 1 saturated heterocycles. The number of ether oxygens (including phenoxy) is 1. The van der Waals surface area contributed by atoms with Gasteiger partial charge < -0.3 is 0 Å². The minimum atomic E-state index is 0.269. The van der Waals surface area contributed by atoms with Gasteiger partial charge in [0.25, 0.3) is 0 Å². The first-order valence-electron chi connectivity index (χ1n) is 7.48. The van der Waals surface area contributed by atoms with Gasteiger partial charge in [0.1, 0.15) is 0 Å². The number of halogens is 1. The number of alkyl halides is 2. The molecule has 1 fully saturated rings. The third kappa shape index (κ3) is 2.17. The van der Waals surface area contributed by atoms with Crippen molar-refractivity contribution in [3.8, 4) is 0 Å². The van der Waals surface area contributed by atoms with Gasteiger partial charge in [-0.05, 0) is 0 Å². The van der Waals surface area contributed by atoms with E-state index in [9.17, 15) is 0 Å². The van der Waals surface area contributed by atoms with Gasteiger partial charge in [-0.3, -0.25) is 0 Å². The van der Waals surface area contributed by atoms with E-state index < -0.39 is 0 Å². The van der Waals surface area contributed by atoms with Crippen molar-refractivity contribution in [1.82, 2.24) is 0 Å². The summed E-state index contributed by atoms with van der Waals surface area (Å²) in [5.41, 5.74) is 2.87. The van der Waals surface area contributed by atoms with Crippen molar-refractivity contribution in [2.45, 2.75) is 36.4 Å². The van der Waals surface area contributed by atoms with Crippen LogP contribution in [0.3, 0.4) is 0 Å². The Kier molecular flexibility index (Phi) is 3.26. The Hall–Kier alpha value is -0.610. The zero-order valence-corrected chi connectivity index (χ0v) is 14.1. The van der Waals surface area contributed by atoms with Gasteiger partial charge in [-0.1, -0.05) is 0 Å². The van der Waals surface area contributed by atoms with Crippen LogP contribution in [0.4, 0.5) is 0 Å². The second-order valence-corrected chi connectivity index (χ2v) is 9.44. The summed E-state index contributed by atoms with van der Waals surface area (Å²) in [5, 5.41) is 2.80. The molecule has 2 aromatic rings. The molecule has 2 aromatic carbocycles. The van der Waals surface area contributed by atoms with Crippen LogP contribution in [0.2, 0.25) is 0 Å². The third-order valence-electron chi connectivity index (χ3n) is 4.80. The van der Waals surface area contributed by atoms with Crippen LogP contribution in [-0.2, 0) is 11.2 Å². The van der Waals surface area contributed by atoms with E-state index in [1.54, 1.807) is 0 Å². The van der Waals surface area contributed by atoms with Crippen molar-refractivity contribution >= 4 is 10.8 Å². The molecule has 4 unspecified atom stereocenters. The van der Waals surface area contributed by atoms with E-state index in [0.29, 0.717) is 27.3 Å². The Labute approximate surface area is 131 Å². The molecule has 20 heavy (non-hydrogen) atoms. The summed E-state index contributed by atoms with van der Waals surface area (Å²) in [5.74, 6) is 0.741. The quantitative estimate of drug-likeness (QED) is 0.568. The fourth-order valence-corrected chi connectivity index (χ4v) is 5.81. The molecule has 2 heteroatoms. The van der Waals surface area contributed by atoms with Crippen LogP contribution < -0.4 is 21.2 Å². The molecule has 0 N–H and O–H groups in total. The topological polar surface area (TPSA) is 9.23 Å². The summed E-state index contributed by atoms with van der Waals surface area (Å²) >= 11 is 0.519. The molecule has 0 saturated carbocycles. The zero-order chi connectivity index (χ0) is 13.7. The van der Waals surface area contributed by atoms with Crippen LogP contribution in [0, 0.1) is 5.92 Å². The fourth-order valence-electron chi connectivity index (χ4n) is 3.33. The summed E-state index contributed by atoms with van der Waals surface area (Å²) in [7, 11) is 0. The van der Waals surface area contributed by atoms with Gasteiger partial charge in [0.05, 0.1) is 0 Å². The van der Waals surface area contributed by atoms with E-state index in [-0.39, 0.29) is 6.10 Å². The zero-order valence-electron chi connectivity index (χ0n) is 12.0. The molecular weight excluding hydrogens is 359 g/mol. The minimum absolute atomic E-state index is 0.269. The Morgan fingerprint density at radius 1 is 1.15 bits per heavy atom. The monoisotopic (exact) mass is 379 g/mol. The molecule has 1 nitrogen and oxygen atoms in total. The van der Waals surface area contributed by atoms with Crippen molar-refractivity contribution < 1.29 is 25.9 Å². The van der Waals surface area contributed by atoms with Crippen molar-refractivity contribution in [1.29, 1.82) is 0 Å². The molecule has 1 aliphatic carbocycles. The molecule has 1 heterocycles. The van der Waals surface area contributed by atoms with Crippen LogP contribution in [0.25, 0.3) is 10.8 Å². The summed E-state index contributed by atoms with van der Waals surface area (Å²) in [6.45, 7) is 4.65. The molecule has 106 valence electrons. The van der Waals surface area contributed by atoms with Crippen LogP contribution in [0.1, 0.15) is 31.1 Å². The van der Waals surface area contributed by atoms with E-state index >= 15 is 0 Å². The number of hydrogen-bond acceptors (Lipinski definition) is 1. The van der Waals surface area contributed by atoms with Crippen molar-refractivity contribution in [3.05, 3.63) is 47.5 Å². The maximum absolute atomic E-state index is 6.46. The fraction of sp³-hybridized carbons (Fsp3) is 0.444. The van der Waals surface area contributed by atoms with Crippen LogP contribution >= 0.6 is 0 Å². The second kappa shape index (κ2) is 4.99. The van der Waals surface area contributed by atoms with Gasteiger partial charge in [-0.25, -0.2) is 0 Å². The van der Waals surface area contributed by atoms with Gasteiger partial charge in [0.15, 0.2) is 0 Å². The molecule has 0 bridgehead atoms. The first-order valence-corrected chi connectivity index (χ1v) is 10.2. The summed E-state index contributed by atoms with van der Waals surface area (Å²) < 4.78 is 8.99. The first kappa shape index (κ1) is 13.1. The molecule has 2 aliphatic rings. The second-order valence-electron chi connectivity index (χ2n) is 6.08. The number of rotatable bonds is 4. The van der Waals surface area contributed by atoms with Crippen molar-refractivity contribution in [3.63, 3.8) is 0 Å². The molecule has 0 radical (unpaired) electrons. The van der Waals surface area contributed by atoms with Gasteiger partial charge in [-0.2, -0.15) is 0 Å². The molecule has 0 aromatic heterocycles. The van der Waals surface area contributed by atoms with E-state index in [1.165, 1.54) is 26.3 Å². The molecule has 4 atom stereocenters. The predicted molar refractivity (Wildman–Crippen MR) is 78.8 cm³/mol. The van der Waals surface area contributed by atoms with E-state index in [2.05, 4.69) is 50.2 Å². The SMILES string of the molecule is CC(OC1Cc2cccc3cccc1c23)C(C)C1C[I-]1. The Morgan fingerprint density at radius 2 is 1.90 bits per heavy atom. The molecule has 0 amide bonds. The first-order chi connectivity index (χ1) is 9.74. The Balaban J connectivity index is 1.61. The molecule has 0 spiro atoms. The molecule has 1 aliphatic heterocycles. The normalized spacial score (nSPS) is 27.1. The summed E-state index contributed by atoms with van der Waals surface area (Å²) in [6.07, 6.45) is 1.70. The summed E-state index contributed by atoms with van der Waals surface area (Å²) in [4.78, 5) is 0. The Bertz CT molecular complexity index is 642. The van der Waals surface area contributed by atoms with Gasteiger partial charge in [0.2, 0.25) is 0 Å². The van der Waals surface area contributed by atoms with Crippen LogP contribution in [0.15, 0.2) is 36.4 Å². The number of benzene rings is 2. The molecular formula is C18H20IO-. The van der Waals surface area contributed by atoms with Crippen LogP contribution in [-0.4, -0.2) is 14.5 Å². The van der Waals surface area contributed by atoms with Crippen LogP contribution in [0.5, 0.6) is 0 Å². The van der Waals surface area contributed by atoms with E-state index in [1.807, 2.05) is 0 Å². The average molecular weight is 379 g/mol. The molecule has 4 rings (SSSR count). The van der Waals surface area contributed by atoms with E-state index in [0.717, 1.165) is 16.3 Å². The Morgan fingerprint density at radius 3 is 2.65 bits per heavy atom. The standard InChI is InChI=1S/C18H20IO/c1-11(16-10-19-16)12(2)20-17-9-14-7-3-5-13-6-4-8-15(17)18(13)14/h3-8,11-12,16-17H,9-10H2,1-2H3/q-1.